The normalized spacial score (nSPS) is 14.0. The van der Waals surface area contributed by atoms with E-state index < -0.39 is 0 Å². The Labute approximate surface area is 92.2 Å². The maximum Gasteiger partial charge on any atom is 0.0818 e. The van der Waals surface area contributed by atoms with Crippen molar-refractivity contribution in [3.63, 3.8) is 0 Å². The topological polar surface area (TPSA) is 34.0 Å². The van der Waals surface area contributed by atoms with Crippen LogP contribution in [0.25, 0.3) is 0 Å². The molecule has 86 valence electrons. The van der Waals surface area contributed by atoms with E-state index in [9.17, 15) is 0 Å². The van der Waals surface area contributed by atoms with Gasteiger partial charge in [-0.25, -0.2) is 0 Å². The Hall–Kier alpha value is -1.06. The summed E-state index contributed by atoms with van der Waals surface area (Å²) in [5.41, 5.74) is 1.22. The lowest BCUT2D eigenvalue weighted by molar-refractivity contribution is 0.248. The van der Waals surface area contributed by atoms with E-state index in [1.807, 2.05) is 17.9 Å². The molecule has 0 radical (unpaired) electrons. The van der Waals surface area contributed by atoms with Gasteiger partial charge < -0.3 is 0 Å². The van der Waals surface area contributed by atoms with E-state index in [1.165, 1.54) is 0 Å². The van der Waals surface area contributed by atoms with E-state index in [0.29, 0.717) is 6.04 Å². The van der Waals surface area contributed by atoms with Crippen LogP contribution in [-0.2, 0) is 0 Å². The van der Waals surface area contributed by atoms with Gasteiger partial charge >= 0.3 is 0 Å². The second-order valence-corrected chi connectivity index (χ2v) is 4.87. The predicted molar refractivity (Wildman–Crippen MR) is 62.4 cm³/mol. The quantitative estimate of drug-likeness (QED) is 0.762. The minimum atomic E-state index is 0.272. The summed E-state index contributed by atoms with van der Waals surface area (Å²) < 4.78 is 0. The minimum Gasteiger partial charge on any atom is -0.295 e. The molecule has 1 rings (SSSR count). The van der Waals surface area contributed by atoms with Gasteiger partial charge in [0.15, 0.2) is 0 Å². The van der Waals surface area contributed by atoms with Gasteiger partial charge in [0.1, 0.15) is 0 Å². The largest absolute Gasteiger partial charge is 0.295 e. The molecule has 15 heavy (non-hydrogen) atoms. The molecule has 0 saturated carbocycles. The van der Waals surface area contributed by atoms with Crippen LogP contribution in [0.2, 0.25) is 0 Å². The maximum absolute atomic E-state index is 4.08. The fraction of sp³-hybridized carbons (Fsp3) is 0.818. The van der Waals surface area contributed by atoms with Crippen LogP contribution < -0.4 is 5.01 Å². The zero-order valence-corrected chi connectivity index (χ0v) is 10.7. The third kappa shape index (κ3) is 2.49. The molecular formula is C11H22N4. The first-order valence-electron chi connectivity index (χ1n) is 5.50. The van der Waals surface area contributed by atoms with Gasteiger partial charge in [0, 0.05) is 13.1 Å². The Morgan fingerprint density at radius 2 is 2.13 bits per heavy atom. The number of nitrogens with zero attached hydrogens (tertiary/aromatic N) is 4. The lowest BCUT2D eigenvalue weighted by Crippen LogP contribution is -2.47. The predicted octanol–water partition coefficient (Wildman–Crippen LogP) is 1.98. The summed E-state index contributed by atoms with van der Waals surface area (Å²) >= 11 is 0. The van der Waals surface area contributed by atoms with Crippen LogP contribution in [0.4, 0.5) is 0 Å². The summed E-state index contributed by atoms with van der Waals surface area (Å²) in [6, 6.07) is 0.420. The third-order valence-electron chi connectivity index (χ3n) is 3.52. The molecule has 0 spiro atoms. The van der Waals surface area contributed by atoms with Crippen molar-refractivity contribution in [1.82, 2.24) is 15.1 Å². The van der Waals surface area contributed by atoms with Gasteiger partial charge in [0.05, 0.1) is 11.9 Å². The lowest BCUT2D eigenvalue weighted by atomic mass is 9.83. The third-order valence-corrected chi connectivity index (χ3v) is 3.52. The van der Waals surface area contributed by atoms with Crippen molar-refractivity contribution in [1.29, 1.82) is 0 Å². The standard InChI is InChI=1S/C11H22N4/c1-7-11(4,5)10(3)14(6)15-8-9(2)12-13-15/h8,10H,7H2,1-6H3. The monoisotopic (exact) mass is 210 g/mol. The van der Waals surface area contributed by atoms with Crippen molar-refractivity contribution in [2.24, 2.45) is 5.41 Å². The van der Waals surface area contributed by atoms with Crippen molar-refractivity contribution in [3.05, 3.63) is 11.9 Å². The molecule has 0 bridgehead atoms. The van der Waals surface area contributed by atoms with Crippen LogP contribution in [0.15, 0.2) is 6.20 Å². The maximum atomic E-state index is 4.08. The lowest BCUT2D eigenvalue weighted by Gasteiger charge is -2.37. The first kappa shape index (κ1) is 12.0. The van der Waals surface area contributed by atoms with Crippen LogP contribution in [0.1, 0.15) is 39.8 Å². The fourth-order valence-electron chi connectivity index (χ4n) is 1.47. The molecule has 1 heterocycles. The van der Waals surface area contributed by atoms with Gasteiger partial charge in [0.2, 0.25) is 0 Å². The SMILES string of the molecule is CCC(C)(C)C(C)N(C)n1cc(C)nn1. The van der Waals surface area contributed by atoms with Gasteiger partial charge in [-0.05, 0) is 30.9 Å². The van der Waals surface area contributed by atoms with Crippen LogP contribution in [0.5, 0.6) is 0 Å². The molecule has 0 amide bonds. The summed E-state index contributed by atoms with van der Waals surface area (Å²) in [4.78, 5) is 1.82. The Bertz CT molecular complexity index is 316. The summed E-state index contributed by atoms with van der Waals surface area (Å²) in [5, 5.41) is 10.2. The van der Waals surface area contributed by atoms with E-state index in [-0.39, 0.29) is 5.41 Å². The van der Waals surface area contributed by atoms with Gasteiger partial charge in [-0.1, -0.05) is 20.8 Å². The first-order chi connectivity index (χ1) is 6.88. The van der Waals surface area contributed by atoms with Crippen LogP contribution in [0.3, 0.4) is 0 Å². The highest BCUT2D eigenvalue weighted by atomic mass is 15.7. The fourth-order valence-corrected chi connectivity index (χ4v) is 1.47. The van der Waals surface area contributed by atoms with Crippen LogP contribution in [-0.4, -0.2) is 28.2 Å². The highest BCUT2D eigenvalue weighted by molar-refractivity contribution is 4.97. The molecule has 4 nitrogen and oxygen atoms in total. The molecule has 0 saturated heterocycles. The number of hydrogen-bond acceptors (Lipinski definition) is 3. The molecule has 0 aliphatic heterocycles. The van der Waals surface area contributed by atoms with E-state index in [0.717, 1.165) is 12.1 Å². The molecule has 0 aliphatic carbocycles. The second-order valence-electron chi connectivity index (χ2n) is 4.87. The molecule has 4 heteroatoms. The molecule has 0 N–H and O–H groups in total. The molecule has 1 aromatic heterocycles. The van der Waals surface area contributed by atoms with Crippen molar-refractivity contribution in [3.8, 4) is 0 Å². The van der Waals surface area contributed by atoms with Crippen molar-refractivity contribution in [2.75, 3.05) is 12.1 Å². The van der Waals surface area contributed by atoms with E-state index in [4.69, 9.17) is 0 Å². The zero-order chi connectivity index (χ0) is 11.6. The molecule has 1 atom stereocenters. The average molecular weight is 210 g/mol. The molecule has 1 aromatic rings. The Balaban J connectivity index is 2.81. The van der Waals surface area contributed by atoms with E-state index >= 15 is 0 Å². The van der Waals surface area contributed by atoms with E-state index in [1.54, 1.807) is 0 Å². The van der Waals surface area contributed by atoms with Crippen LogP contribution in [0, 0.1) is 12.3 Å². The molecule has 1 unspecified atom stereocenters. The van der Waals surface area contributed by atoms with Gasteiger partial charge in [0.25, 0.3) is 0 Å². The summed E-state index contributed by atoms with van der Waals surface area (Å²) in [5.74, 6) is 0. The Kier molecular flexibility index (Phi) is 3.37. The molecule has 0 aliphatic rings. The van der Waals surface area contributed by atoms with Crippen molar-refractivity contribution < 1.29 is 0 Å². The summed E-state index contributed by atoms with van der Waals surface area (Å²) in [6.07, 6.45) is 3.09. The molecule has 0 aromatic carbocycles. The van der Waals surface area contributed by atoms with Gasteiger partial charge in [-0.15, -0.1) is 5.10 Å². The number of aryl methyl sites for hydroxylation is 1. The zero-order valence-electron chi connectivity index (χ0n) is 10.7. The number of aromatic nitrogens is 3. The number of rotatable bonds is 4. The molecular weight excluding hydrogens is 188 g/mol. The first-order valence-corrected chi connectivity index (χ1v) is 5.50. The van der Waals surface area contributed by atoms with Crippen molar-refractivity contribution in [2.45, 2.75) is 47.1 Å². The van der Waals surface area contributed by atoms with Gasteiger partial charge in [-0.3, -0.25) is 5.01 Å². The summed E-state index contributed by atoms with van der Waals surface area (Å²) in [6.45, 7) is 10.9. The highest BCUT2D eigenvalue weighted by Gasteiger charge is 2.27. The summed E-state index contributed by atoms with van der Waals surface area (Å²) in [7, 11) is 2.05. The Morgan fingerprint density at radius 1 is 1.53 bits per heavy atom. The highest BCUT2D eigenvalue weighted by Crippen LogP contribution is 2.26. The smallest absolute Gasteiger partial charge is 0.0818 e. The minimum absolute atomic E-state index is 0.272. The number of hydrogen-bond donors (Lipinski definition) is 0. The Morgan fingerprint density at radius 3 is 2.53 bits per heavy atom. The molecule has 0 fully saturated rings. The van der Waals surface area contributed by atoms with Crippen molar-refractivity contribution >= 4 is 0 Å². The van der Waals surface area contributed by atoms with Gasteiger partial charge in [-0.2, -0.15) is 4.79 Å². The van der Waals surface area contributed by atoms with E-state index in [2.05, 4.69) is 50.1 Å². The average Bonchev–Trinajstić information content (AvgIpc) is 2.62. The second kappa shape index (κ2) is 4.21. The van der Waals surface area contributed by atoms with Crippen LogP contribution >= 0.6 is 0 Å².